The molecule has 0 unspecified atom stereocenters. The lowest BCUT2D eigenvalue weighted by molar-refractivity contribution is 0.625. The Bertz CT molecular complexity index is 519. The first-order chi connectivity index (χ1) is 7.84. The van der Waals surface area contributed by atoms with Crippen LogP contribution in [0, 0.1) is 5.82 Å². The van der Waals surface area contributed by atoms with Crippen molar-refractivity contribution in [1.82, 2.24) is 9.78 Å². The van der Waals surface area contributed by atoms with Gasteiger partial charge in [-0.1, -0.05) is 6.07 Å². The van der Waals surface area contributed by atoms with E-state index in [0.29, 0.717) is 0 Å². The van der Waals surface area contributed by atoms with E-state index in [0.717, 1.165) is 30.9 Å². The van der Waals surface area contributed by atoms with Gasteiger partial charge in [0.25, 0.3) is 0 Å². The van der Waals surface area contributed by atoms with Crippen LogP contribution < -0.4 is 5.32 Å². The molecule has 82 valence electrons. The van der Waals surface area contributed by atoms with Gasteiger partial charge in [0.2, 0.25) is 0 Å². The largest absolute Gasteiger partial charge is 0.370 e. The van der Waals surface area contributed by atoms with Crippen LogP contribution in [0.15, 0.2) is 30.5 Å². The van der Waals surface area contributed by atoms with Gasteiger partial charge in [0, 0.05) is 12.1 Å². The average Bonchev–Trinajstić information content (AvgIpc) is 2.72. The van der Waals surface area contributed by atoms with E-state index in [-0.39, 0.29) is 5.82 Å². The Morgan fingerprint density at radius 2 is 2.31 bits per heavy atom. The minimum Gasteiger partial charge on any atom is -0.370 e. The van der Waals surface area contributed by atoms with E-state index in [1.54, 1.807) is 10.7 Å². The van der Waals surface area contributed by atoms with Gasteiger partial charge in [-0.3, -0.25) is 0 Å². The Kier molecular flexibility index (Phi) is 2.13. The number of fused-ring (bicyclic) bond motifs is 1. The SMILES string of the molecule is Fc1cccc(-n2ncc3c2NCCC3)c1. The summed E-state index contributed by atoms with van der Waals surface area (Å²) in [5.74, 6) is 0.759. The van der Waals surface area contributed by atoms with Gasteiger partial charge in [-0.2, -0.15) is 5.10 Å². The van der Waals surface area contributed by atoms with E-state index in [9.17, 15) is 4.39 Å². The molecule has 3 rings (SSSR count). The third-order valence-electron chi connectivity index (χ3n) is 2.81. The third kappa shape index (κ3) is 1.46. The number of halogens is 1. The van der Waals surface area contributed by atoms with Gasteiger partial charge in [-0.25, -0.2) is 9.07 Å². The summed E-state index contributed by atoms with van der Waals surface area (Å²) in [5.41, 5.74) is 1.96. The van der Waals surface area contributed by atoms with Gasteiger partial charge in [-0.15, -0.1) is 0 Å². The smallest absolute Gasteiger partial charge is 0.132 e. The molecule has 0 bridgehead atoms. The minimum absolute atomic E-state index is 0.238. The fraction of sp³-hybridized carbons (Fsp3) is 0.250. The van der Waals surface area contributed by atoms with E-state index in [1.165, 1.54) is 17.7 Å². The second kappa shape index (κ2) is 3.63. The van der Waals surface area contributed by atoms with E-state index in [4.69, 9.17) is 0 Å². The first kappa shape index (κ1) is 9.39. The van der Waals surface area contributed by atoms with Crippen molar-refractivity contribution in [2.75, 3.05) is 11.9 Å². The number of anilines is 1. The van der Waals surface area contributed by atoms with Crippen molar-refractivity contribution in [3.05, 3.63) is 41.8 Å². The molecule has 1 aliphatic rings. The Labute approximate surface area is 92.9 Å². The highest BCUT2D eigenvalue weighted by molar-refractivity contribution is 5.52. The summed E-state index contributed by atoms with van der Waals surface area (Å²) < 4.78 is 14.9. The van der Waals surface area contributed by atoms with Crippen molar-refractivity contribution < 1.29 is 4.39 Å². The molecule has 0 radical (unpaired) electrons. The van der Waals surface area contributed by atoms with Crippen LogP contribution in [0.5, 0.6) is 0 Å². The average molecular weight is 217 g/mol. The molecule has 4 heteroatoms. The first-order valence-corrected chi connectivity index (χ1v) is 5.41. The summed E-state index contributed by atoms with van der Waals surface area (Å²) in [5, 5.41) is 7.60. The van der Waals surface area contributed by atoms with E-state index in [2.05, 4.69) is 10.4 Å². The van der Waals surface area contributed by atoms with Gasteiger partial charge in [-0.05, 0) is 31.0 Å². The number of benzene rings is 1. The number of aryl methyl sites for hydroxylation is 1. The molecule has 0 atom stereocenters. The number of aromatic nitrogens is 2. The van der Waals surface area contributed by atoms with Crippen molar-refractivity contribution in [3.63, 3.8) is 0 Å². The maximum Gasteiger partial charge on any atom is 0.132 e. The van der Waals surface area contributed by atoms with Crippen LogP contribution in [0.2, 0.25) is 0 Å². The van der Waals surface area contributed by atoms with Crippen LogP contribution in [0.1, 0.15) is 12.0 Å². The van der Waals surface area contributed by atoms with Gasteiger partial charge >= 0.3 is 0 Å². The third-order valence-corrected chi connectivity index (χ3v) is 2.81. The highest BCUT2D eigenvalue weighted by atomic mass is 19.1. The number of hydrogen-bond donors (Lipinski definition) is 1. The van der Waals surface area contributed by atoms with Crippen molar-refractivity contribution in [2.24, 2.45) is 0 Å². The Morgan fingerprint density at radius 3 is 3.19 bits per heavy atom. The molecular formula is C12H12FN3. The van der Waals surface area contributed by atoms with Crippen LogP contribution in [-0.4, -0.2) is 16.3 Å². The Hall–Kier alpha value is -1.84. The predicted molar refractivity (Wildman–Crippen MR) is 60.3 cm³/mol. The van der Waals surface area contributed by atoms with Crippen molar-refractivity contribution >= 4 is 5.82 Å². The summed E-state index contributed by atoms with van der Waals surface area (Å²) in [6.07, 6.45) is 4.02. The van der Waals surface area contributed by atoms with Crippen LogP contribution in [0.25, 0.3) is 5.69 Å². The zero-order valence-corrected chi connectivity index (χ0v) is 8.78. The molecular weight excluding hydrogens is 205 g/mol. The minimum atomic E-state index is -0.238. The number of nitrogens with zero attached hydrogens (tertiary/aromatic N) is 2. The normalized spacial score (nSPS) is 14.3. The molecule has 1 aromatic heterocycles. The number of nitrogens with one attached hydrogen (secondary N) is 1. The van der Waals surface area contributed by atoms with Crippen LogP contribution in [0.4, 0.5) is 10.2 Å². The van der Waals surface area contributed by atoms with Crippen LogP contribution >= 0.6 is 0 Å². The Balaban J connectivity index is 2.09. The highest BCUT2D eigenvalue weighted by Gasteiger charge is 2.15. The van der Waals surface area contributed by atoms with Crippen molar-refractivity contribution in [3.8, 4) is 5.69 Å². The van der Waals surface area contributed by atoms with E-state index in [1.807, 2.05) is 12.3 Å². The lowest BCUT2D eigenvalue weighted by atomic mass is 10.1. The van der Waals surface area contributed by atoms with Gasteiger partial charge < -0.3 is 5.32 Å². The molecule has 1 aromatic carbocycles. The molecule has 0 spiro atoms. The second-order valence-corrected chi connectivity index (χ2v) is 3.94. The molecule has 3 nitrogen and oxygen atoms in total. The fourth-order valence-corrected chi connectivity index (χ4v) is 2.04. The van der Waals surface area contributed by atoms with E-state index >= 15 is 0 Å². The molecule has 0 saturated heterocycles. The molecule has 0 aliphatic carbocycles. The van der Waals surface area contributed by atoms with Crippen molar-refractivity contribution in [2.45, 2.75) is 12.8 Å². The quantitative estimate of drug-likeness (QED) is 0.794. The molecule has 0 amide bonds. The summed E-state index contributed by atoms with van der Waals surface area (Å²) in [7, 11) is 0. The topological polar surface area (TPSA) is 29.9 Å². The molecule has 2 heterocycles. The summed E-state index contributed by atoms with van der Waals surface area (Å²) >= 11 is 0. The molecule has 0 fully saturated rings. The molecule has 16 heavy (non-hydrogen) atoms. The first-order valence-electron chi connectivity index (χ1n) is 5.41. The standard InChI is InChI=1S/C12H12FN3/c13-10-4-1-5-11(7-10)16-12-9(8-15-16)3-2-6-14-12/h1,4-5,7-8,14H,2-3,6H2. The summed E-state index contributed by atoms with van der Waals surface area (Å²) in [4.78, 5) is 0. The number of hydrogen-bond acceptors (Lipinski definition) is 2. The maximum atomic E-state index is 13.1. The molecule has 2 aromatic rings. The lowest BCUT2D eigenvalue weighted by Crippen LogP contribution is -2.14. The predicted octanol–water partition coefficient (Wildman–Crippen LogP) is 2.37. The fourth-order valence-electron chi connectivity index (χ4n) is 2.04. The summed E-state index contributed by atoms with van der Waals surface area (Å²) in [6, 6.07) is 6.48. The van der Waals surface area contributed by atoms with E-state index < -0.39 is 0 Å². The zero-order valence-electron chi connectivity index (χ0n) is 8.78. The lowest BCUT2D eigenvalue weighted by Gasteiger charge is -2.16. The van der Waals surface area contributed by atoms with Gasteiger partial charge in [0.1, 0.15) is 11.6 Å². The number of rotatable bonds is 1. The van der Waals surface area contributed by atoms with Crippen LogP contribution in [-0.2, 0) is 6.42 Å². The van der Waals surface area contributed by atoms with Gasteiger partial charge in [0.05, 0.1) is 11.9 Å². The Morgan fingerprint density at radius 1 is 1.38 bits per heavy atom. The summed E-state index contributed by atoms with van der Waals surface area (Å²) in [6.45, 7) is 0.952. The molecule has 1 aliphatic heterocycles. The second-order valence-electron chi connectivity index (χ2n) is 3.94. The maximum absolute atomic E-state index is 13.1. The molecule has 0 saturated carbocycles. The molecule has 1 N–H and O–H groups in total. The van der Waals surface area contributed by atoms with Crippen LogP contribution in [0.3, 0.4) is 0 Å². The highest BCUT2D eigenvalue weighted by Crippen LogP contribution is 2.24. The van der Waals surface area contributed by atoms with Gasteiger partial charge in [0.15, 0.2) is 0 Å². The monoisotopic (exact) mass is 217 g/mol. The van der Waals surface area contributed by atoms with Crippen molar-refractivity contribution in [1.29, 1.82) is 0 Å². The zero-order chi connectivity index (χ0) is 11.0.